The fourth-order valence-corrected chi connectivity index (χ4v) is 3.56. The van der Waals surface area contributed by atoms with E-state index in [-0.39, 0.29) is 0 Å². The monoisotopic (exact) mass is 382 g/mol. The van der Waals surface area contributed by atoms with Gasteiger partial charge in [-0.2, -0.15) is 5.10 Å². The topological polar surface area (TPSA) is 44.8 Å². The van der Waals surface area contributed by atoms with Crippen molar-refractivity contribution in [2.45, 2.75) is 32.1 Å². The van der Waals surface area contributed by atoms with Gasteiger partial charge < -0.3 is 0 Å². The molecule has 0 radical (unpaired) electrons. The molecule has 1 N–H and O–H groups in total. The molecule has 0 spiro atoms. The van der Waals surface area contributed by atoms with Crippen LogP contribution in [-0.4, -0.2) is 39.7 Å². The Hall–Kier alpha value is -2.17. The highest BCUT2D eigenvalue weighted by atomic mass is 35.5. The van der Waals surface area contributed by atoms with Crippen molar-refractivity contribution in [3.05, 3.63) is 83.0 Å². The molecule has 0 aliphatic carbocycles. The van der Waals surface area contributed by atoms with Gasteiger partial charge in [0.05, 0.1) is 0 Å². The summed E-state index contributed by atoms with van der Waals surface area (Å²) in [6.07, 6.45) is 6.81. The van der Waals surface area contributed by atoms with Gasteiger partial charge in [0.15, 0.2) is 5.82 Å². The fraction of sp³-hybridized carbons (Fsp3) is 0.364. The second kappa shape index (κ2) is 9.16. The first-order valence-corrected chi connectivity index (χ1v) is 9.78. The number of aromatic nitrogens is 3. The lowest BCUT2D eigenvalue weighted by Gasteiger charge is -2.31. The molecule has 2 heterocycles. The van der Waals surface area contributed by atoms with Crippen LogP contribution in [0.2, 0.25) is 5.02 Å². The molecule has 1 aliphatic heterocycles. The van der Waals surface area contributed by atoms with Gasteiger partial charge in [0, 0.05) is 23.9 Å². The van der Waals surface area contributed by atoms with E-state index in [4.69, 9.17) is 16.6 Å². The Labute approximate surface area is 166 Å². The summed E-state index contributed by atoms with van der Waals surface area (Å²) < 4.78 is 0. The number of rotatable bonds is 7. The van der Waals surface area contributed by atoms with Gasteiger partial charge in [-0.15, -0.1) is 0 Å². The third-order valence-corrected chi connectivity index (χ3v) is 5.30. The molecule has 4 nitrogen and oxygen atoms in total. The van der Waals surface area contributed by atoms with E-state index in [2.05, 4.69) is 41.3 Å². The summed E-state index contributed by atoms with van der Waals surface area (Å²) in [6.45, 7) is 13.0. The van der Waals surface area contributed by atoms with Gasteiger partial charge in [-0.3, -0.25) is 10.00 Å². The predicted molar refractivity (Wildman–Crippen MR) is 112 cm³/mol. The maximum atomic E-state index is 5.95. The number of piperidine rings is 1. The number of hydrogen-bond donors (Lipinski definition) is 1. The molecule has 0 saturated carbocycles. The number of H-pyrrole nitrogens is 1. The first-order chi connectivity index (χ1) is 13.0. The van der Waals surface area contributed by atoms with Gasteiger partial charge in [-0.1, -0.05) is 54.6 Å². The van der Waals surface area contributed by atoms with Crippen LogP contribution >= 0.6 is 11.6 Å². The van der Waals surface area contributed by atoms with Gasteiger partial charge in [0.25, 0.3) is 0 Å². The summed E-state index contributed by atoms with van der Waals surface area (Å²) in [5.41, 5.74) is 3.54. The first-order valence-electron chi connectivity index (χ1n) is 9.40. The standard InChI is InChI=1S/C22H27ClN4/c1-4-5-19(16(2)3)15-27-12-10-18(11-13-27)22-24-21(25-26-22)14-17-6-8-20(23)9-7-17/h4-9,18H,1-2,10-15H2,3H3,(H,24,25,26)/b19-5-. The third kappa shape index (κ3) is 5.41. The summed E-state index contributed by atoms with van der Waals surface area (Å²) in [6, 6.07) is 7.87. The van der Waals surface area contributed by atoms with E-state index in [1.165, 1.54) is 11.1 Å². The number of likely N-dealkylation sites (tertiary alicyclic amines) is 1. The molecule has 0 amide bonds. The van der Waals surface area contributed by atoms with Crippen LogP contribution in [0.4, 0.5) is 0 Å². The fourth-order valence-electron chi connectivity index (χ4n) is 3.43. The second-order valence-corrected chi connectivity index (χ2v) is 7.64. The lowest BCUT2D eigenvalue weighted by atomic mass is 9.95. The highest BCUT2D eigenvalue weighted by Gasteiger charge is 2.24. The smallest absolute Gasteiger partial charge is 0.153 e. The molecule has 27 heavy (non-hydrogen) atoms. The summed E-state index contributed by atoms with van der Waals surface area (Å²) in [5.74, 6) is 2.28. The number of hydrogen-bond acceptors (Lipinski definition) is 3. The normalized spacial score (nSPS) is 16.4. The Morgan fingerprint density at radius 1 is 1.30 bits per heavy atom. The van der Waals surface area contributed by atoms with Crippen LogP contribution in [0.1, 0.15) is 42.9 Å². The van der Waals surface area contributed by atoms with Crippen molar-refractivity contribution in [1.29, 1.82) is 0 Å². The number of halogens is 1. The van der Waals surface area contributed by atoms with Crippen LogP contribution in [0.3, 0.4) is 0 Å². The molecule has 2 aromatic rings. The summed E-state index contributed by atoms with van der Waals surface area (Å²) >= 11 is 5.95. The van der Waals surface area contributed by atoms with Crippen LogP contribution in [0.25, 0.3) is 0 Å². The number of allylic oxidation sites excluding steroid dienone is 2. The number of nitrogens with one attached hydrogen (secondary N) is 1. The highest BCUT2D eigenvalue weighted by molar-refractivity contribution is 6.30. The van der Waals surface area contributed by atoms with Crippen molar-refractivity contribution in [3.8, 4) is 0 Å². The van der Waals surface area contributed by atoms with Crippen molar-refractivity contribution >= 4 is 11.6 Å². The Balaban J connectivity index is 1.55. The molecule has 1 saturated heterocycles. The maximum Gasteiger partial charge on any atom is 0.153 e. The predicted octanol–water partition coefficient (Wildman–Crippen LogP) is 4.92. The van der Waals surface area contributed by atoms with Crippen LogP contribution in [0, 0.1) is 0 Å². The highest BCUT2D eigenvalue weighted by Crippen LogP contribution is 2.26. The Kier molecular flexibility index (Phi) is 6.64. The average molecular weight is 383 g/mol. The molecule has 0 atom stereocenters. The van der Waals surface area contributed by atoms with Gasteiger partial charge in [0.1, 0.15) is 5.82 Å². The average Bonchev–Trinajstić information content (AvgIpc) is 3.12. The second-order valence-electron chi connectivity index (χ2n) is 7.20. The van der Waals surface area contributed by atoms with Gasteiger partial charge in [-0.05, 0) is 56.1 Å². The molecule has 0 unspecified atom stereocenters. The number of aromatic amines is 1. The summed E-state index contributed by atoms with van der Waals surface area (Å²) in [7, 11) is 0. The van der Waals surface area contributed by atoms with Crippen molar-refractivity contribution in [3.63, 3.8) is 0 Å². The summed E-state index contributed by atoms with van der Waals surface area (Å²) in [4.78, 5) is 7.21. The molecule has 1 fully saturated rings. The minimum atomic E-state index is 0.424. The molecule has 0 bridgehead atoms. The molecular formula is C22H27ClN4. The van der Waals surface area contributed by atoms with E-state index < -0.39 is 0 Å². The SMILES string of the molecule is C=C/C=C(/CN1CCC(c2n[nH]c(Cc3ccc(Cl)cc3)n2)CC1)C(=C)C. The number of nitrogens with zero attached hydrogens (tertiary/aromatic N) is 3. The molecule has 1 aromatic heterocycles. The van der Waals surface area contributed by atoms with Crippen LogP contribution in [0.15, 0.2) is 60.7 Å². The van der Waals surface area contributed by atoms with E-state index in [1.54, 1.807) is 0 Å². The van der Waals surface area contributed by atoms with E-state index in [0.717, 1.165) is 61.1 Å². The molecule has 1 aromatic carbocycles. The largest absolute Gasteiger partial charge is 0.299 e. The van der Waals surface area contributed by atoms with E-state index in [9.17, 15) is 0 Å². The minimum absolute atomic E-state index is 0.424. The quantitative estimate of drug-likeness (QED) is 0.691. The van der Waals surface area contributed by atoms with Crippen LogP contribution in [0.5, 0.6) is 0 Å². The van der Waals surface area contributed by atoms with Crippen molar-refractivity contribution in [2.75, 3.05) is 19.6 Å². The Morgan fingerprint density at radius 3 is 2.63 bits per heavy atom. The van der Waals surface area contributed by atoms with Crippen molar-refractivity contribution in [2.24, 2.45) is 0 Å². The molecule has 3 rings (SSSR count). The van der Waals surface area contributed by atoms with E-state index in [1.807, 2.05) is 30.3 Å². The van der Waals surface area contributed by atoms with Crippen LogP contribution < -0.4 is 0 Å². The van der Waals surface area contributed by atoms with E-state index >= 15 is 0 Å². The minimum Gasteiger partial charge on any atom is -0.299 e. The molecular weight excluding hydrogens is 356 g/mol. The van der Waals surface area contributed by atoms with Gasteiger partial charge in [0.2, 0.25) is 0 Å². The molecule has 1 aliphatic rings. The lowest BCUT2D eigenvalue weighted by molar-refractivity contribution is 0.225. The first kappa shape index (κ1) is 19.6. The van der Waals surface area contributed by atoms with Crippen molar-refractivity contribution in [1.82, 2.24) is 20.1 Å². The zero-order valence-corrected chi connectivity index (χ0v) is 16.7. The zero-order valence-electron chi connectivity index (χ0n) is 15.9. The third-order valence-electron chi connectivity index (χ3n) is 5.05. The van der Waals surface area contributed by atoms with Crippen LogP contribution in [-0.2, 0) is 6.42 Å². The van der Waals surface area contributed by atoms with Gasteiger partial charge >= 0.3 is 0 Å². The summed E-state index contributed by atoms with van der Waals surface area (Å²) in [5, 5.41) is 8.33. The van der Waals surface area contributed by atoms with Gasteiger partial charge in [-0.25, -0.2) is 4.98 Å². The number of benzene rings is 1. The Bertz CT molecular complexity index is 811. The molecule has 142 valence electrons. The zero-order chi connectivity index (χ0) is 19.2. The maximum absolute atomic E-state index is 5.95. The Morgan fingerprint density at radius 2 is 2.00 bits per heavy atom. The lowest BCUT2D eigenvalue weighted by Crippen LogP contribution is -2.34. The van der Waals surface area contributed by atoms with E-state index in [0.29, 0.717) is 5.92 Å². The van der Waals surface area contributed by atoms with Crippen molar-refractivity contribution < 1.29 is 0 Å². The molecule has 5 heteroatoms.